The summed E-state index contributed by atoms with van der Waals surface area (Å²) in [5.74, 6) is -0.826. The standard InChI is InChI=1S/C15H24ClN3O2/c1-3-12-14(16)13(19(4-2)18-12)9-17-11-7-5-10(6-8-11)15(20)21/h10-11,17H,3-9H2,1-2H3,(H,20,21). The molecule has 0 unspecified atom stereocenters. The summed E-state index contributed by atoms with van der Waals surface area (Å²) in [4.78, 5) is 11.0. The molecular weight excluding hydrogens is 290 g/mol. The van der Waals surface area contributed by atoms with Crippen LogP contribution in [0.25, 0.3) is 0 Å². The van der Waals surface area contributed by atoms with E-state index in [-0.39, 0.29) is 5.92 Å². The fourth-order valence-electron chi connectivity index (χ4n) is 2.97. The maximum absolute atomic E-state index is 11.0. The van der Waals surface area contributed by atoms with Crippen molar-refractivity contribution in [1.82, 2.24) is 15.1 Å². The van der Waals surface area contributed by atoms with E-state index in [1.165, 1.54) is 0 Å². The number of hydrogen-bond acceptors (Lipinski definition) is 3. The minimum absolute atomic E-state index is 0.167. The highest BCUT2D eigenvalue weighted by molar-refractivity contribution is 6.31. The Balaban J connectivity index is 1.92. The van der Waals surface area contributed by atoms with Gasteiger partial charge in [-0.25, -0.2) is 0 Å². The van der Waals surface area contributed by atoms with E-state index >= 15 is 0 Å². The SMILES string of the molecule is CCc1nn(CC)c(CNC2CCC(C(=O)O)CC2)c1Cl. The first-order valence-corrected chi connectivity index (χ1v) is 8.14. The molecule has 1 fully saturated rings. The summed E-state index contributed by atoms with van der Waals surface area (Å²) in [6.45, 7) is 5.62. The lowest BCUT2D eigenvalue weighted by Gasteiger charge is -2.27. The smallest absolute Gasteiger partial charge is 0.306 e. The normalized spacial score (nSPS) is 22.4. The van der Waals surface area contributed by atoms with Crippen molar-refractivity contribution in [2.45, 2.75) is 65.1 Å². The Bertz CT molecular complexity index is 493. The summed E-state index contributed by atoms with van der Waals surface area (Å²) >= 11 is 6.39. The van der Waals surface area contributed by atoms with E-state index in [2.05, 4.69) is 24.3 Å². The topological polar surface area (TPSA) is 67.2 Å². The number of carbonyl (C=O) groups is 1. The number of nitrogens with zero attached hydrogens (tertiary/aromatic N) is 2. The maximum atomic E-state index is 11.0. The number of nitrogens with one attached hydrogen (secondary N) is 1. The Morgan fingerprint density at radius 1 is 1.38 bits per heavy atom. The van der Waals surface area contributed by atoms with Gasteiger partial charge in [-0.3, -0.25) is 9.48 Å². The lowest BCUT2D eigenvalue weighted by Crippen LogP contribution is -2.35. The third-order valence-corrected chi connectivity index (χ3v) is 4.77. The molecule has 1 aliphatic carbocycles. The van der Waals surface area contributed by atoms with Crippen molar-refractivity contribution in [3.8, 4) is 0 Å². The Labute approximate surface area is 130 Å². The molecule has 118 valence electrons. The predicted molar refractivity (Wildman–Crippen MR) is 82.5 cm³/mol. The minimum Gasteiger partial charge on any atom is -0.481 e. The molecule has 0 bridgehead atoms. The van der Waals surface area contributed by atoms with Crippen molar-refractivity contribution < 1.29 is 9.90 Å². The van der Waals surface area contributed by atoms with Crippen LogP contribution in [0.1, 0.15) is 50.9 Å². The van der Waals surface area contributed by atoms with Gasteiger partial charge in [-0.05, 0) is 39.0 Å². The second-order valence-electron chi connectivity index (χ2n) is 5.64. The molecule has 1 heterocycles. The van der Waals surface area contributed by atoms with E-state index in [0.29, 0.717) is 12.6 Å². The second kappa shape index (κ2) is 7.27. The Morgan fingerprint density at radius 3 is 2.57 bits per heavy atom. The van der Waals surface area contributed by atoms with Crippen LogP contribution in [0, 0.1) is 5.92 Å². The van der Waals surface area contributed by atoms with Gasteiger partial charge in [0, 0.05) is 19.1 Å². The van der Waals surface area contributed by atoms with Crippen LogP contribution < -0.4 is 5.32 Å². The highest BCUT2D eigenvalue weighted by Gasteiger charge is 2.26. The summed E-state index contributed by atoms with van der Waals surface area (Å²) in [7, 11) is 0. The third kappa shape index (κ3) is 3.77. The lowest BCUT2D eigenvalue weighted by atomic mass is 9.86. The molecule has 5 nitrogen and oxygen atoms in total. The fraction of sp³-hybridized carbons (Fsp3) is 0.733. The van der Waals surface area contributed by atoms with Crippen LogP contribution >= 0.6 is 11.6 Å². The van der Waals surface area contributed by atoms with Gasteiger partial charge in [0.15, 0.2) is 0 Å². The van der Waals surface area contributed by atoms with E-state index in [1.807, 2.05) is 4.68 Å². The first-order valence-electron chi connectivity index (χ1n) is 7.77. The van der Waals surface area contributed by atoms with Gasteiger partial charge >= 0.3 is 5.97 Å². The number of carboxylic acids is 1. The summed E-state index contributed by atoms with van der Waals surface area (Å²) in [6, 6.07) is 0.377. The molecule has 2 rings (SSSR count). The average molecular weight is 314 g/mol. The fourth-order valence-corrected chi connectivity index (χ4v) is 3.31. The molecule has 0 amide bonds. The number of hydrogen-bond donors (Lipinski definition) is 2. The molecule has 0 aliphatic heterocycles. The van der Waals surface area contributed by atoms with Gasteiger partial charge in [-0.1, -0.05) is 18.5 Å². The molecule has 1 saturated carbocycles. The van der Waals surface area contributed by atoms with E-state index in [1.54, 1.807) is 0 Å². The van der Waals surface area contributed by atoms with Crippen molar-refractivity contribution in [2.24, 2.45) is 5.92 Å². The van der Waals surface area contributed by atoms with E-state index in [9.17, 15) is 4.79 Å². The molecule has 1 aromatic rings. The highest BCUT2D eigenvalue weighted by atomic mass is 35.5. The molecular formula is C15H24ClN3O2. The molecule has 1 aromatic heterocycles. The number of aliphatic carboxylic acids is 1. The van der Waals surface area contributed by atoms with Crippen LogP contribution in [0.5, 0.6) is 0 Å². The minimum atomic E-state index is -0.659. The molecule has 6 heteroatoms. The van der Waals surface area contributed by atoms with E-state index in [0.717, 1.165) is 55.1 Å². The summed E-state index contributed by atoms with van der Waals surface area (Å²) in [5.41, 5.74) is 1.99. The average Bonchev–Trinajstić information content (AvgIpc) is 2.81. The van der Waals surface area contributed by atoms with Crippen LogP contribution in [-0.2, 0) is 24.3 Å². The Hall–Kier alpha value is -1.07. The molecule has 2 N–H and O–H groups in total. The molecule has 0 atom stereocenters. The third-order valence-electron chi connectivity index (χ3n) is 4.33. The number of halogens is 1. The van der Waals surface area contributed by atoms with Crippen molar-refractivity contribution in [1.29, 1.82) is 0 Å². The van der Waals surface area contributed by atoms with Gasteiger partial charge < -0.3 is 10.4 Å². The monoisotopic (exact) mass is 313 g/mol. The van der Waals surface area contributed by atoms with Crippen molar-refractivity contribution in [3.63, 3.8) is 0 Å². The lowest BCUT2D eigenvalue weighted by molar-refractivity contribution is -0.142. The van der Waals surface area contributed by atoms with Crippen LogP contribution in [0.3, 0.4) is 0 Å². The number of carboxylic acid groups (broad SMARTS) is 1. The van der Waals surface area contributed by atoms with Gasteiger partial charge in [0.05, 0.1) is 22.3 Å². The number of aryl methyl sites for hydroxylation is 2. The van der Waals surface area contributed by atoms with Crippen molar-refractivity contribution in [3.05, 3.63) is 16.4 Å². The molecule has 0 spiro atoms. The van der Waals surface area contributed by atoms with Crippen LogP contribution in [-0.4, -0.2) is 26.9 Å². The van der Waals surface area contributed by atoms with Crippen molar-refractivity contribution >= 4 is 17.6 Å². The maximum Gasteiger partial charge on any atom is 0.306 e. The number of aromatic nitrogens is 2. The summed E-state index contributed by atoms with van der Waals surface area (Å²) < 4.78 is 1.96. The quantitative estimate of drug-likeness (QED) is 0.847. The zero-order valence-electron chi connectivity index (χ0n) is 12.7. The summed E-state index contributed by atoms with van der Waals surface area (Å²) in [5, 5.41) is 17.8. The predicted octanol–water partition coefficient (Wildman–Crippen LogP) is 2.85. The van der Waals surface area contributed by atoms with Gasteiger partial charge in [0.25, 0.3) is 0 Å². The Morgan fingerprint density at radius 2 is 2.05 bits per heavy atom. The molecule has 1 aliphatic rings. The van der Waals surface area contributed by atoms with Gasteiger partial charge in [-0.2, -0.15) is 5.10 Å². The first kappa shape index (κ1) is 16.3. The molecule has 0 saturated heterocycles. The van der Waals surface area contributed by atoms with Crippen LogP contribution in [0.2, 0.25) is 5.02 Å². The van der Waals surface area contributed by atoms with Gasteiger partial charge in [0.1, 0.15) is 0 Å². The van der Waals surface area contributed by atoms with E-state index < -0.39 is 5.97 Å². The van der Waals surface area contributed by atoms with Crippen LogP contribution in [0.4, 0.5) is 0 Å². The zero-order valence-corrected chi connectivity index (χ0v) is 13.5. The molecule has 0 radical (unpaired) electrons. The molecule has 0 aromatic carbocycles. The largest absolute Gasteiger partial charge is 0.481 e. The van der Waals surface area contributed by atoms with Gasteiger partial charge in [0.2, 0.25) is 0 Å². The van der Waals surface area contributed by atoms with Crippen LogP contribution in [0.15, 0.2) is 0 Å². The summed E-state index contributed by atoms with van der Waals surface area (Å²) in [6.07, 6.45) is 4.18. The Kier molecular flexibility index (Phi) is 5.65. The van der Waals surface area contributed by atoms with Crippen molar-refractivity contribution in [2.75, 3.05) is 0 Å². The van der Waals surface area contributed by atoms with E-state index in [4.69, 9.17) is 16.7 Å². The highest BCUT2D eigenvalue weighted by Crippen LogP contribution is 2.26. The zero-order chi connectivity index (χ0) is 15.4. The molecule has 21 heavy (non-hydrogen) atoms. The van der Waals surface area contributed by atoms with Gasteiger partial charge in [-0.15, -0.1) is 0 Å². The first-order chi connectivity index (χ1) is 10.1. The number of rotatable bonds is 6. The second-order valence-corrected chi connectivity index (χ2v) is 6.02.